The van der Waals surface area contributed by atoms with Crippen molar-refractivity contribution in [2.75, 3.05) is 43.4 Å². The molecule has 1 aromatic carbocycles. The van der Waals surface area contributed by atoms with Gasteiger partial charge in [-0.1, -0.05) is 42.4 Å². The quantitative estimate of drug-likeness (QED) is 0.166. The van der Waals surface area contributed by atoms with Crippen LogP contribution in [0.2, 0.25) is 0 Å². The van der Waals surface area contributed by atoms with E-state index in [9.17, 15) is 15.3 Å². The van der Waals surface area contributed by atoms with Crippen LogP contribution in [0.1, 0.15) is 49.1 Å². The summed E-state index contributed by atoms with van der Waals surface area (Å²) in [5.41, 5.74) is 2.67. The second-order valence-electron chi connectivity index (χ2n) is 10.9. The first-order valence-electron chi connectivity index (χ1n) is 14.6. The third-order valence-electron chi connectivity index (χ3n) is 7.95. The van der Waals surface area contributed by atoms with E-state index in [1.807, 2.05) is 37.3 Å². The number of rotatable bonds is 12. The molecule has 13 heteroatoms. The Balaban J connectivity index is 1.30. The summed E-state index contributed by atoms with van der Waals surface area (Å²) in [6.45, 7) is 5.53. The molecule has 2 aliphatic heterocycles. The number of likely N-dealkylation sites (tertiary alicyclic amines) is 1. The van der Waals surface area contributed by atoms with Gasteiger partial charge in [-0.2, -0.15) is 9.97 Å². The minimum absolute atomic E-state index is 0.117. The van der Waals surface area contributed by atoms with Crippen LogP contribution in [0.4, 0.5) is 11.8 Å². The second-order valence-corrected chi connectivity index (χ2v) is 10.9. The monoisotopic (exact) mass is 578 g/mol. The number of benzene rings is 1. The topological polar surface area (TPSA) is 167 Å². The van der Waals surface area contributed by atoms with Crippen molar-refractivity contribution in [3.05, 3.63) is 59.7 Å². The zero-order valence-electron chi connectivity index (χ0n) is 23.6. The first-order valence-corrected chi connectivity index (χ1v) is 14.6. The lowest BCUT2D eigenvalue weighted by Crippen LogP contribution is -2.29. The Morgan fingerprint density at radius 2 is 1.90 bits per heavy atom. The molecular weight excluding hydrogens is 540 g/mol. The first kappa shape index (κ1) is 28.5. The van der Waals surface area contributed by atoms with Crippen molar-refractivity contribution in [3.63, 3.8) is 0 Å². The van der Waals surface area contributed by atoms with Crippen LogP contribution in [0.15, 0.2) is 47.2 Å². The zero-order chi connectivity index (χ0) is 29.1. The smallest absolute Gasteiger partial charge is 0.226 e. The molecule has 2 fully saturated rings. The Kier molecular flexibility index (Phi) is 8.63. The van der Waals surface area contributed by atoms with Gasteiger partial charge in [-0.3, -0.25) is 4.57 Å². The van der Waals surface area contributed by atoms with Gasteiger partial charge in [0.2, 0.25) is 5.95 Å². The summed E-state index contributed by atoms with van der Waals surface area (Å²) in [4.78, 5) is 16.4. The predicted octanol–water partition coefficient (Wildman–Crippen LogP) is 1.89. The van der Waals surface area contributed by atoms with Crippen LogP contribution in [0.25, 0.3) is 11.2 Å². The van der Waals surface area contributed by atoms with Crippen molar-refractivity contribution < 1.29 is 24.6 Å². The number of ether oxygens (including phenoxy) is 1. The number of aliphatic hydroxyl groups excluding tert-OH is 3. The lowest BCUT2D eigenvalue weighted by atomic mass is 10.1. The van der Waals surface area contributed by atoms with E-state index in [0.717, 1.165) is 30.9 Å². The third-order valence-corrected chi connectivity index (χ3v) is 7.95. The normalized spacial score (nSPS) is 23.5. The van der Waals surface area contributed by atoms with Gasteiger partial charge in [-0.15, -0.1) is 0 Å². The number of hydrogen-bond acceptors (Lipinski definition) is 12. The lowest BCUT2D eigenvalue weighted by Gasteiger charge is -2.20. The Morgan fingerprint density at radius 1 is 1.10 bits per heavy atom. The van der Waals surface area contributed by atoms with Gasteiger partial charge < -0.3 is 40.1 Å². The highest BCUT2D eigenvalue weighted by Gasteiger charge is 2.47. The molecule has 0 radical (unpaired) electrons. The molecule has 5 heterocycles. The average Bonchev–Trinajstić information content (AvgIpc) is 3.82. The fourth-order valence-corrected chi connectivity index (χ4v) is 5.62. The van der Waals surface area contributed by atoms with Crippen molar-refractivity contribution in [2.24, 2.45) is 0 Å². The summed E-state index contributed by atoms with van der Waals surface area (Å²) in [5, 5.41) is 42.8. The summed E-state index contributed by atoms with van der Waals surface area (Å²) >= 11 is 0. The van der Waals surface area contributed by atoms with Crippen LogP contribution < -0.4 is 10.6 Å². The number of hydrogen-bond donors (Lipinski definition) is 5. The molecular formula is C29H38N8O5. The summed E-state index contributed by atoms with van der Waals surface area (Å²) in [6, 6.07) is 11.3. The molecule has 0 unspecified atom stereocenters. The molecule has 0 bridgehead atoms. The highest BCUT2D eigenvalue weighted by Crippen LogP contribution is 2.40. The van der Waals surface area contributed by atoms with Gasteiger partial charge in [0, 0.05) is 19.2 Å². The van der Waals surface area contributed by atoms with Crippen LogP contribution in [0.5, 0.6) is 0 Å². The fourth-order valence-electron chi connectivity index (χ4n) is 5.62. The molecule has 5 N–H and O–H groups in total. The number of aliphatic hydroxyl groups is 3. The third kappa shape index (κ3) is 5.96. The van der Waals surface area contributed by atoms with E-state index in [0.29, 0.717) is 48.1 Å². The summed E-state index contributed by atoms with van der Waals surface area (Å²) < 4.78 is 13.1. The fraction of sp³-hybridized carbons (Fsp3) is 0.517. The van der Waals surface area contributed by atoms with Crippen molar-refractivity contribution >= 4 is 22.9 Å². The minimum atomic E-state index is -1.27. The molecule has 0 spiro atoms. The molecule has 42 heavy (non-hydrogen) atoms. The Hall–Kier alpha value is -3.62. The summed E-state index contributed by atoms with van der Waals surface area (Å²) in [6.07, 6.45) is 0.788. The van der Waals surface area contributed by atoms with Gasteiger partial charge in [-0.25, -0.2) is 4.98 Å². The molecule has 224 valence electrons. The first-order chi connectivity index (χ1) is 20.5. The van der Waals surface area contributed by atoms with Crippen molar-refractivity contribution in [1.29, 1.82) is 0 Å². The highest BCUT2D eigenvalue weighted by atomic mass is 16.6. The molecule has 2 saturated heterocycles. The Labute approximate surface area is 243 Å². The van der Waals surface area contributed by atoms with E-state index in [1.54, 1.807) is 10.6 Å². The highest BCUT2D eigenvalue weighted by molar-refractivity contribution is 5.84. The maximum Gasteiger partial charge on any atom is 0.226 e. The molecule has 0 amide bonds. The van der Waals surface area contributed by atoms with E-state index >= 15 is 0 Å². The lowest BCUT2D eigenvalue weighted by molar-refractivity contribution is -0.0434. The molecule has 3 aromatic heterocycles. The van der Waals surface area contributed by atoms with Crippen LogP contribution in [-0.4, -0.2) is 95.9 Å². The maximum absolute atomic E-state index is 11.0. The van der Waals surface area contributed by atoms with Gasteiger partial charge in [0.1, 0.15) is 18.3 Å². The molecule has 6 rings (SSSR count). The number of aryl methyl sites for hydroxylation is 1. The number of nitrogens with one attached hydrogen (secondary N) is 2. The van der Waals surface area contributed by atoms with Gasteiger partial charge in [0.15, 0.2) is 29.0 Å². The van der Waals surface area contributed by atoms with Crippen LogP contribution >= 0.6 is 0 Å². The molecule has 2 aliphatic rings. The van der Waals surface area contributed by atoms with E-state index in [4.69, 9.17) is 19.2 Å². The van der Waals surface area contributed by atoms with Crippen LogP contribution in [-0.2, 0) is 17.6 Å². The van der Waals surface area contributed by atoms with Crippen molar-refractivity contribution in [2.45, 2.75) is 63.2 Å². The standard InChI is InChI=1S/C29H38N8O5/c1-2-19-15-21(42-35-19)25-23(39)24(40)28(41-25)37-17-31-22-26(32-20(16-38)14-18-8-4-3-5-9-18)33-29(34-27(22)37)30-10-13-36-11-6-7-12-36/h3-5,8-9,15,17,20,23-25,28,38-40H,2,6-7,10-14,16H2,1H3,(H2,30,32,33,34)/t20-,23-,24+,25+,28+/m0/s1. The summed E-state index contributed by atoms with van der Waals surface area (Å²) in [5.74, 6) is 1.18. The molecule has 0 saturated carbocycles. The van der Waals surface area contributed by atoms with Gasteiger partial charge in [-0.05, 0) is 44.3 Å². The number of anilines is 2. The number of imidazole rings is 1. The molecule has 4 aromatic rings. The number of aromatic nitrogens is 5. The second kappa shape index (κ2) is 12.7. The van der Waals surface area contributed by atoms with Crippen LogP contribution in [0.3, 0.4) is 0 Å². The van der Waals surface area contributed by atoms with E-state index in [-0.39, 0.29) is 12.6 Å². The van der Waals surface area contributed by atoms with Gasteiger partial charge in [0.05, 0.1) is 24.7 Å². The van der Waals surface area contributed by atoms with E-state index < -0.39 is 24.5 Å². The average molecular weight is 579 g/mol. The van der Waals surface area contributed by atoms with Gasteiger partial charge in [0.25, 0.3) is 0 Å². The van der Waals surface area contributed by atoms with Crippen LogP contribution in [0, 0.1) is 0 Å². The van der Waals surface area contributed by atoms with Crippen molar-refractivity contribution in [1.82, 2.24) is 29.6 Å². The number of fused-ring (bicyclic) bond motifs is 1. The maximum atomic E-state index is 11.0. The predicted molar refractivity (Wildman–Crippen MR) is 155 cm³/mol. The van der Waals surface area contributed by atoms with E-state index in [1.165, 1.54) is 19.2 Å². The molecule has 0 aliphatic carbocycles. The summed E-state index contributed by atoms with van der Waals surface area (Å²) in [7, 11) is 0. The largest absolute Gasteiger partial charge is 0.394 e. The number of nitrogens with zero attached hydrogens (tertiary/aromatic N) is 6. The molecule has 5 atom stereocenters. The van der Waals surface area contributed by atoms with E-state index in [2.05, 4.69) is 25.7 Å². The SMILES string of the molecule is CCc1cc([C@H]2O[C@@H](n3cnc4c(N[C@H](CO)Cc5ccccc5)nc(NCCN5CCCC5)nc43)[C@H](O)[C@@H]2O)on1. The molecule has 13 nitrogen and oxygen atoms in total. The minimum Gasteiger partial charge on any atom is -0.394 e. The van der Waals surface area contributed by atoms with Gasteiger partial charge >= 0.3 is 0 Å². The van der Waals surface area contributed by atoms with Crippen molar-refractivity contribution in [3.8, 4) is 0 Å². The Bertz CT molecular complexity index is 1460. The Morgan fingerprint density at radius 3 is 2.64 bits per heavy atom. The zero-order valence-corrected chi connectivity index (χ0v) is 23.6.